The van der Waals surface area contributed by atoms with Gasteiger partial charge in [0.05, 0.1) is 5.54 Å². The first kappa shape index (κ1) is 15.7. The van der Waals surface area contributed by atoms with Crippen molar-refractivity contribution in [2.24, 2.45) is 11.1 Å². The first-order valence-corrected chi connectivity index (χ1v) is 5.83. The molecule has 1 saturated carbocycles. The lowest BCUT2D eigenvalue weighted by Gasteiger charge is -2.22. The molecule has 96 valence electrons. The topological polar surface area (TPSA) is 55.1 Å². The number of nitrogens with one attached hydrogen (secondary N) is 1. The van der Waals surface area contributed by atoms with E-state index in [-0.39, 0.29) is 24.4 Å². The zero-order valence-electron chi connectivity index (χ0n) is 10.8. The van der Waals surface area contributed by atoms with Gasteiger partial charge in [-0.1, -0.05) is 20.8 Å². The second kappa shape index (κ2) is 5.37. The molecule has 1 unspecified atom stereocenters. The zero-order valence-corrected chi connectivity index (χ0v) is 11.6. The average Bonchev–Trinajstić information content (AvgIpc) is 2.80. The summed E-state index contributed by atoms with van der Waals surface area (Å²) in [5, 5.41) is 2.99. The van der Waals surface area contributed by atoms with Gasteiger partial charge in [-0.3, -0.25) is 4.79 Å². The molecule has 16 heavy (non-hydrogen) atoms. The Labute approximate surface area is 105 Å². The van der Waals surface area contributed by atoms with E-state index < -0.39 is 5.54 Å². The molecule has 0 radical (unpaired) electrons. The first-order valence-electron chi connectivity index (χ1n) is 5.83. The lowest BCUT2D eigenvalue weighted by Crippen LogP contribution is -2.46. The van der Waals surface area contributed by atoms with Crippen LogP contribution in [0.1, 0.15) is 53.4 Å². The van der Waals surface area contributed by atoms with Gasteiger partial charge in [0.2, 0.25) is 5.91 Å². The Balaban J connectivity index is 0.00000225. The smallest absolute Gasteiger partial charge is 0.240 e. The van der Waals surface area contributed by atoms with Crippen molar-refractivity contribution >= 4 is 18.3 Å². The van der Waals surface area contributed by atoms with Crippen LogP contribution < -0.4 is 11.1 Å². The molecule has 0 aromatic heterocycles. The van der Waals surface area contributed by atoms with E-state index in [9.17, 15) is 4.79 Å². The lowest BCUT2D eigenvalue weighted by atomic mass is 9.89. The normalized spacial score (nSPS) is 19.6. The molecule has 3 nitrogen and oxygen atoms in total. The van der Waals surface area contributed by atoms with E-state index >= 15 is 0 Å². The van der Waals surface area contributed by atoms with Gasteiger partial charge in [-0.05, 0) is 38.0 Å². The largest absolute Gasteiger partial charge is 0.352 e. The van der Waals surface area contributed by atoms with E-state index in [1.165, 1.54) is 0 Å². The van der Waals surface area contributed by atoms with E-state index in [0.29, 0.717) is 5.41 Å². The Morgan fingerprint density at radius 2 is 1.94 bits per heavy atom. The monoisotopic (exact) mass is 248 g/mol. The van der Waals surface area contributed by atoms with Crippen molar-refractivity contribution in [2.75, 3.05) is 0 Å². The summed E-state index contributed by atoms with van der Waals surface area (Å²) in [5.74, 6) is 0.0314. The third-order valence-electron chi connectivity index (χ3n) is 2.95. The number of carbonyl (C=O) groups is 1. The van der Waals surface area contributed by atoms with E-state index in [1.54, 1.807) is 0 Å². The number of amides is 1. The highest BCUT2D eigenvalue weighted by Crippen LogP contribution is 2.32. The maximum absolute atomic E-state index is 11.6. The van der Waals surface area contributed by atoms with Crippen molar-refractivity contribution in [2.45, 2.75) is 65.0 Å². The molecule has 0 aromatic rings. The third-order valence-corrected chi connectivity index (χ3v) is 2.95. The molecule has 0 aliphatic heterocycles. The first-order chi connectivity index (χ1) is 6.73. The van der Waals surface area contributed by atoms with Crippen molar-refractivity contribution < 1.29 is 4.79 Å². The summed E-state index contributed by atoms with van der Waals surface area (Å²) >= 11 is 0. The summed E-state index contributed by atoms with van der Waals surface area (Å²) in [6.45, 7) is 8.70. The molecule has 1 rings (SSSR count). The van der Waals surface area contributed by atoms with Gasteiger partial charge in [-0.15, -0.1) is 12.4 Å². The van der Waals surface area contributed by atoms with Gasteiger partial charge in [-0.2, -0.15) is 0 Å². The van der Waals surface area contributed by atoms with E-state index in [1.807, 2.05) is 0 Å². The summed E-state index contributed by atoms with van der Waals surface area (Å²) in [5.41, 5.74) is 5.61. The second-order valence-electron chi connectivity index (χ2n) is 6.13. The van der Waals surface area contributed by atoms with Crippen molar-refractivity contribution in [1.82, 2.24) is 5.32 Å². The van der Waals surface area contributed by atoms with E-state index in [0.717, 1.165) is 25.7 Å². The van der Waals surface area contributed by atoms with Gasteiger partial charge in [-0.25, -0.2) is 0 Å². The number of rotatable bonds is 4. The molecule has 1 fully saturated rings. The number of nitrogens with two attached hydrogens (primary N) is 1. The maximum Gasteiger partial charge on any atom is 0.240 e. The minimum Gasteiger partial charge on any atom is -0.352 e. The molecule has 1 atom stereocenters. The highest BCUT2D eigenvalue weighted by Gasteiger charge is 2.46. The number of hydrogen-bond donors (Lipinski definition) is 2. The summed E-state index contributed by atoms with van der Waals surface area (Å²) in [6, 6.07) is 0.234. The quantitative estimate of drug-likeness (QED) is 0.802. The molecule has 1 aliphatic rings. The minimum absolute atomic E-state index is 0. The Morgan fingerprint density at radius 1 is 1.44 bits per heavy atom. The summed E-state index contributed by atoms with van der Waals surface area (Å²) in [7, 11) is 0. The lowest BCUT2D eigenvalue weighted by molar-refractivity contribution is -0.123. The molecule has 0 bridgehead atoms. The number of carbonyl (C=O) groups excluding carboxylic acids is 1. The van der Waals surface area contributed by atoms with Crippen LogP contribution in [-0.4, -0.2) is 17.5 Å². The summed E-state index contributed by atoms with van der Waals surface area (Å²) < 4.78 is 0. The highest BCUT2D eigenvalue weighted by atomic mass is 35.5. The van der Waals surface area contributed by atoms with Gasteiger partial charge in [0, 0.05) is 6.04 Å². The predicted molar refractivity (Wildman–Crippen MR) is 69.7 cm³/mol. The van der Waals surface area contributed by atoms with Crippen LogP contribution in [0.5, 0.6) is 0 Å². The van der Waals surface area contributed by atoms with E-state index in [4.69, 9.17) is 5.73 Å². The van der Waals surface area contributed by atoms with Gasteiger partial charge in [0.15, 0.2) is 0 Å². The fourth-order valence-corrected chi connectivity index (χ4v) is 1.45. The molecule has 0 spiro atoms. The van der Waals surface area contributed by atoms with Gasteiger partial charge >= 0.3 is 0 Å². The highest BCUT2D eigenvalue weighted by molar-refractivity contribution is 5.89. The van der Waals surface area contributed by atoms with Crippen LogP contribution >= 0.6 is 12.4 Å². The van der Waals surface area contributed by atoms with Crippen LogP contribution in [0, 0.1) is 5.41 Å². The molecule has 0 heterocycles. The van der Waals surface area contributed by atoms with Crippen LogP contribution in [0.15, 0.2) is 0 Å². The van der Waals surface area contributed by atoms with Crippen molar-refractivity contribution in [1.29, 1.82) is 0 Å². The van der Waals surface area contributed by atoms with Crippen LogP contribution in [0.2, 0.25) is 0 Å². The van der Waals surface area contributed by atoms with Crippen LogP contribution in [-0.2, 0) is 4.79 Å². The van der Waals surface area contributed by atoms with Crippen LogP contribution in [0.3, 0.4) is 0 Å². The van der Waals surface area contributed by atoms with E-state index in [2.05, 4.69) is 33.0 Å². The number of hydrogen-bond acceptors (Lipinski definition) is 2. The van der Waals surface area contributed by atoms with Crippen molar-refractivity contribution in [3.05, 3.63) is 0 Å². The molecular weight excluding hydrogens is 224 g/mol. The van der Waals surface area contributed by atoms with Gasteiger partial charge in [0.1, 0.15) is 0 Å². The SMILES string of the molecule is CC(CCC(C)(C)C)NC(=O)C1(N)CC1.Cl. The maximum atomic E-state index is 11.6. The number of halogens is 1. The Kier molecular flexibility index (Phi) is 5.27. The Hall–Kier alpha value is -0.280. The molecule has 1 aliphatic carbocycles. The zero-order chi connectivity index (χ0) is 11.7. The molecule has 0 saturated heterocycles. The van der Waals surface area contributed by atoms with Crippen molar-refractivity contribution in [3.8, 4) is 0 Å². The minimum atomic E-state index is -0.532. The average molecular weight is 249 g/mol. The van der Waals surface area contributed by atoms with Crippen LogP contribution in [0.4, 0.5) is 0 Å². The fraction of sp³-hybridized carbons (Fsp3) is 0.917. The molecule has 1 amide bonds. The predicted octanol–water partition coefficient (Wildman–Crippen LogP) is 2.23. The fourth-order valence-electron chi connectivity index (χ4n) is 1.45. The molecular formula is C12H25ClN2O. The molecule has 3 N–H and O–H groups in total. The second-order valence-corrected chi connectivity index (χ2v) is 6.13. The summed E-state index contributed by atoms with van der Waals surface area (Å²) in [4.78, 5) is 11.6. The van der Waals surface area contributed by atoms with Crippen LogP contribution in [0.25, 0.3) is 0 Å². The van der Waals surface area contributed by atoms with Crippen molar-refractivity contribution in [3.63, 3.8) is 0 Å². The van der Waals surface area contributed by atoms with Gasteiger partial charge in [0.25, 0.3) is 0 Å². The standard InChI is InChI=1S/C12H24N2O.ClH/c1-9(5-6-11(2,3)4)14-10(15)12(13)7-8-12;/h9H,5-8,13H2,1-4H3,(H,14,15);1H. The Bertz CT molecular complexity index is 244. The third kappa shape index (κ3) is 5.17. The molecule has 4 heteroatoms. The summed E-state index contributed by atoms with van der Waals surface area (Å²) in [6.07, 6.45) is 3.81. The van der Waals surface area contributed by atoms with Gasteiger partial charge < -0.3 is 11.1 Å². The molecule has 0 aromatic carbocycles. The Morgan fingerprint density at radius 3 is 2.31 bits per heavy atom.